The Hall–Kier alpha value is -2.92. The van der Waals surface area contributed by atoms with Crippen LogP contribution < -0.4 is 5.32 Å². The lowest BCUT2D eigenvalue weighted by Gasteiger charge is -2.31. The molecule has 4 rings (SSSR count). The van der Waals surface area contributed by atoms with Crippen LogP contribution in [0.15, 0.2) is 54.7 Å². The molecule has 1 aliphatic heterocycles. The molecule has 1 amide bonds. The molecule has 0 aliphatic carbocycles. The second-order valence-electron chi connectivity index (χ2n) is 8.39. The summed E-state index contributed by atoms with van der Waals surface area (Å²) in [5.74, 6) is 0.127. The molecule has 2 heterocycles. The molecule has 0 spiro atoms. The molecule has 1 fully saturated rings. The van der Waals surface area contributed by atoms with Crippen molar-refractivity contribution in [2.45, 2.75) is 33.2 Å². The van der Waals surface area contributed by atoms with Gasteiger partial charge in [0.05, 0.1) is 12.1 Å². The van der Waals surface area contributed by atoms with Crippen molar-refractivity contribution in [2.75, 3.05) is 18.4 Å². The SMILES string of the molecule is Cc1cccc(-c2cccc(NC(=O)[C@@H]3CCCN(Cc4cnn(C)c4C)C3)c2)c1. The second kappa shape index (κ2) is 8.84. The molecule has 0 unspecified atom stereocenters. The lowest BCUT2D eigenvalue weighted by molar-refractivity contribution is -0.121. The van der Waals surface area contributed by atoms with Crippen molar-refractivity contribution in [2.24, 2.45) is 13.0 Å². The minimum absolute atomic E-state index is 0.0124. The highest BCUT2D eigenvalue weighted by Crippen LogP contribution is 2.25. The van der Waals surface area contributed by atoms with Gasteiger partial charge in [-0.25, -0.2) is 0 Å². The molecule has 5 nitrogen and oxygen atoms in total. The maximum absolute atomic E-state index is 13.0. The van der Waals surface area contributed by atoms with Crippen molar-refractivity contribution in [3.8, 4) is 11.1 Å². The number of nitrogens with one attached hydrogen (secondary N) is 1. The largest absolute Gasteiger partial charge is 0.326 e. The third-order valence-corrected chi connectivity index (χ3v) is 6.09. The average molecular weight is 403 g/mol. The van der Waals surface area contributed by atoms with Crippen molar-refractivity contribution in [3.63, 3.8) is 0 Å². The van der Waals surface area contributed by atoms with Crippen LogP contribution in [0, 0.1) is 19.8 Å². The first-order valence-corrected chi connectivity index (χ1v) is 10.7. The second-order valence-corrected chi connectivity index (χ2v) is 8.39. The zero-order chi connectivity index (χ0) is 21.1. The van der Waals surface area contributed by atoms with Gasteiger partial charge in [0.2, 0.25) is 5.91 Å². The van der Waals surface area contributed by atoms with Gasteiger partial charge in [0.1, 0.15) is 0 Å². The molecule has 0 saturated carbocycles. The predicted octanol–water partition coefficient (Wildman–Crippen LogP) is 4.55. The first kappa shape index (κ1) is 20.4. The van der Waals surface area contributed by atoms with Crippen molar-refractivity contribution in [1.82, 2.24) is 14.7 Å². The van der Waals surface area contributed by atoms with Gasteiger partial charge in [-0.15, -0.1) is 0 Å². The van der Waals surface area contributed by atoms with Crippen LogP contribution in [0.25, 0.3) is 11.1 Å². The van der Waals surface area contributed by atoms with Gasteiger partial charge in [-0.2, -0.15) is 5.10 Å². The molecule has 3 aromatic rings. The highest BCUT2D eigenvalue weighted by Gasteiger charge is 2.26. The summed E-state index contributed by atoms with van der Waals surface area (Å²) >= 11 is 0. The third kappa shape index (κ3) is 4.62. The number of carbonyl (C=O) groups is 1. The van der Waals surface area contributed by atoms with Gasteiger partial charge in [-0.05, 0) is 56.5 Å². The van der Waals surface area contributed by atoms with E-state index >= 15 is 0 Å². The summed E-state index contributed by atoms with van der Waals surface area (Å²) in [7, 11) is 1.97. The summed E-state index contributed by atoms with van der Waals surface area (Å²) in [4.78, 5) is 15.4. The Bertz CT molecular complexity index is 1040. The minimum Gasteiger partial charge on any atom is -0.326 e. The van der Waals surface area contributed by atoms with Crippen LogP contribution in [0.4, 0.5) is 5.69 Å². The van der Waals surface area contributed by atoms with Crippen molar-refractivity contribution < 1.29 is 4.79 Å². The van der Waals surface area contributed by atoms with Crippen molar-refractivity contribution >= 4 is 11.6 Å². The molecule has 156 valence electrons. The van der Waals surface area contributed by atoms with Gasteiger partial charge in [0.25, 0.3) is 0 Å². The number of amides is 1. The van der Waals surface area contributed by atoms with E-state index in [1.807, 2.05) is 30.1 Å². The molecule has 0 bridgehead atoms. The molecule has 2 aromatic carbocycles. The van der Waals surface area contributed by atoms with Gasteiger partial charge < -0.3 is 5.32 Å². The first-order chi connectivity index (χ1) is 14.5. The van der Waals surface area contributed by atoms with E-state index in [2.05, 4.69) is 65.6 Å². The van der Waals surface area contributed by atoms with Gasteiger partial charge >= 0.3 is 0 Å². The lowest BCUT2D eigenvalue weighted by atomic mass is 9.96. The Kier molecular flexibility index (Phi) is 6.00. The summed E-state index contributed by atoms with van der Waals surface area (Å²) in [5.41, 5.74) is 6.81. The zero-order valence-corrected chi connectivity index (χ0v) is 18.1. The molecular formula is C25H30N4O. The summed E-state index contributed by atoms with van der Waals surface area (Å²) in [5, 5.41) is 7.50. The van der Waals surface area contributed by atoms with E-state index in [0.29, 0.717) is 0 Å². The number of nitrogens with zero attached hydrogens (tertiary/aromatic N) is 3. The van der Waals surface area contributed by atoms with Crippen molar-refractivity contribution in [3.05, 3.63) is 71.5 Å². The average Bonchev–Trinajstić information content (AvgIpc) is 3.06. The molecule has 1 aliphatic rings. The fourth-order valence-electron chi connectivity index (χ4n) is 4.20. The van der Waals surface area contributed by atoms with Crippen LogP contribution in [0.2, 0.25) is 0 Å². The van der Waals surface area contributed by atoms with Crippen LogP contribution in [0.1, 0.15) is 29.7 Å². The number of hydrogen-bond acceptors (Lipinski definition) is 3. The Morgan fingerprint density at radius 2 is 1.90 bits per heavy atom. The molecule has 1 N–H and O–H groups in total. The quantitative estimate of drug-likeness (QED) is 0.681. The van der Waals surface area contributed by atoms with Crippen LogP contribution in [-0.4, -0.2) is 33.7 Å². The Morgan fingerprint density at radius 3 is 2.63 bits per heavy atom. The first-order valence-electron chi connectivity index (χ1n) is 10.7. The van der Waals surface area contributed by atoms with Crippen LogP contribution in [0.5, 0.6) is 0 Å². The van der Waals surface area contributed by atoms with Gasteiger partial charge in [0.15, 0.2) is 0 Å². The zero-order valence-electron chi connectivity index (χ0n) is 18.1. The van der Waals surface area contributed by atoms with Crippen LogP contribution in [-0.2, 0) is 18.4 Å². The summed E-state index contributed by atoms with van der Waals surface area (Å²) in [6, 6.07) is 16.6. The molecule has 1 atom stereocenters. The normalized spacial score (nSPS) is 17.1. The Morgan fingerprint density at radius 1 is 1.13 bits per heavy atom. The number of carbonyl (C=O) groups excluding carboxylic acids is 1. The predicted molar refractivity (Wildman–Crippen MR) is 121 cm³/mol. The number of aromatic nitrogens is 2. The number of piperidine rings is 1. The van der Waals surface area contributed by atoms with Crippen LogP contribution in [0.3, 0.4) is 0 Å². The lowest BCUT2D eigenvalue weighted by Crippen LogP contribution is -2.40. The standard InChI is InChI=1S/C25H30N4O/c1-18-7-4-8-20(13-18)21-9-5-11-24(14-21)27-25(30)22-10-6-12-29(16-22)17-23-15-26-28(3)19(23)2/h4-5,7-9,11,13-15,22H,6,10,12,16-17H2,1-3H3,(H,27,30)/t22-/m1/s1. The Balaban J connectivity index is 1.41. The van der Waals surface area contributed by atoms with E-state index in [1.165, 1.54) is 22.4 Å². The number of benzene rings is 2. The number of anilines is 1. The maximum Gasteiger partial charge on any atom is 0.228 e. The molecule has 1 saturated heterocycles. The van der Waals surface area contributed by atoms with E-state index in [4.69, 9.17) is 0 Å². The van der Waals surface area contributed by atoms with Crippen LogP contribution >= 0.6 is 0 Å². The highest BCUT2D eigenvalue weighted by atomic mass is 16.1. The van der Waals surface area contributed by atoms with E-state index in [0.717, 1.165) is 43.7 Å². The molecule has 5 heteroatoms. The van der Waals surface area contributed by atoms with E-state index in [1.54, 1.807) is 0 Å². The fourth-order valence-corrected chi connectivity index (χ4v) is 4.20. The molecule has 0 radical (unpaired) electrons. The molecule has 30 heavy (non-hydrogen) atoms. The molecular weight excluding hydrogens is 372 g/mol. The van der Waals surface area contributed by atoms with E-state index in [9.17, 15) is 4.79 Å². The smallest absolute Gasteiger partial charge is 0.228 e. The monoisotopic (exact) mass is 402 g/mol. The van der Waals surface area contributed by atoms with Gasteiger partial charge in [0, 0.05) is 37.1 Å². The summed E-state index contributed by atoms with van der Waals surface area (Å²) < 4.78 is 1.91. The van der Waals surface area contributed by atoms with Crippen molar-refractivity contribution in [1.29, 1.82) is 0 Å². The number of rotatable bonds is 5. The number of hydrogen-bond donors (Lipinski definition) is 1. The van der Waals surface area contributed by atoms with E-state index in [-0.39, 0.29) is 11.8 Å². The third-order valence-electron chi connectivity index (χ3n) is 6.09. The summed E-state index contributed by atoms with van der Waals surface area (Å²) in [6.07, 6.45) is 3.92. The minimum atomic E-state index is 0.0124. The molecule has 1 aromatic heterocycles. The number of likely N-dealkylation sites (tertiary alicyclic amines) is 1. The van der Waals surface area contributed by atoms with Gasteiger partial charge in [-0.3, -0.25) is 14.4 Å². The number of aryl methyl sites for hydroxylation is 2. The van der Waals surface area contributed by atoms with E-state index < -0.39 is 0 Å². The summed E-state index contributed by atoms with van der Waals surface area (Å²) in [6.45, 7) is 6.86. The van der Waals surface area contributed by atoms with Gasteiger partial charge in [-0.1, -0.05) is 42.0 Å². The topological polar surface area (TPSA) is 50.2 Å². The fraction of sp³-hybridized carbons (Fsp3) is 0.360. The Labute approximate surface area is 178 Å². The highest BCUT2D eigenvalue weighted by molar-refractivity contribution is 5.93. The maximum atomic E-state index is 13.0.